The summed E-state index contributed by atoms with van der Waals surface area (Å²) in [7, 11) is 0. The van der Waals surface area contributed by atoms with Crippen molar-refractivity contribution >= 4 is 5.69 Å². The van der Waals surface area contributed by atoms with Crippen molar-refractivity contribution < 1.29 is 4.74 Å². The molecule has 0 bridgehead atoms. The van der Waals surface area contributed by atoms with Crippen LogP contribution in [0.25, 0.3) is 0 Å². The molecule has 1 atom stereocenters. The summed E-state index contributed by atoms with van der Waals surface area (Å²) in [6.45, 7) is 2.29. The smallest absolute Gasteiger partial charge is 0.237 e. The first kappa shape index (κ1) is 8.80. The summed E-state index contributed by atoms with van der Waals surface area (Å²) in [5.41, 5.74) is 11.6. The summed E-state index contributed by atoms with van der Waals surface area (Å²) in [5, 5.41) is 0. The van der Waals surface area contributed by atoms with E-state index in [0.717, 1.165) is 0 Å². The van der Waals surface area contributed by atoms with E-state index < -0.39 is 0 Å². The van der Waals surface area contributed by atoms with Gasteiger partial charge in [-0.3, -0.25) is 0 Å². The summed E-state index contributed by atoms with van der Waals surface area (Å²) in [5.74, 6) is 0.454. The Balaban J connectivity index is 2.57. The van der Waals surface area contributed by atoms with Crippen LogP contribution in [0, 0.1) is 0 Å². The first-order chi connectivity index (χ1) is 5.70. The van der Waals surface area contributed by atoms with Gasteiger partial charge < -0.3 is 16.2 Å². The molecule has 1 heterocycles. The van der Waals surface area contributed by atoms with Gasteiger partial charge in [0.1, 0.15) is 6.61 Å². The maximum atomic E-state index is 5.58. The van der Waals surface area contributed by atoms with Crippen LogP contribution in [0.5, 0.6) is 5.88 Å². The second-order valence-corrected chi connectivity index (χ2v) is 2.69. The molecular weight excluding hydrogens is 154 g/mol. The molecule has 0 aliphatic carbocycles. The van der Waals surface area contributed by atoms with Gasteiger partial charge in [-0.2, -0.15) is 0 Å². The summed E-state index contributed by atoms with van der Waals surface area (Å²) in [4.78, 5) is 3.95. The third kappa shape index (κ3) is 2.39. The Labute approximate surface area is 71.5 Å². The molecule has 4 nitrogen and oxygen atoms in total. The van der Waals surface area contributed by atoms with Gasteiger partial charge in [0.05, 0.1) is 5.69 Å². The van der Waals surface area contributed by atoms with Gasteiger partial charge in [0.25, 0.3) is 0 Å². The van der Waals surface area contributed by atoms with Gasteiger partial charge in [-0.25, -0.2) is 4.98 Å². The van der Waals surface area contributed by atoms with Gasteiger partial charge in [0.2, 0.25) is 5.88 Å². The zero-order valence-corrected chi connectivity index (χ0v) is 7.03. The van der Waals surface area contributed by atoms with Gasteiger partial charge in [-0.1, -0.05) is 0 Å². The molecule has 4 heteroatoms. The molecule has 66 valence electrons. The highest BCUT2D eigenvalue weighted by molar-refractivity contribution is 5.46. The van der Waals surface area contributed by atoms with E-state index in [2.05, 4.69) is 4.98 Å². The maximum Gasteiger partial charge on any atom is 0.237 e. The van der Waals surface area contributed by atoms with Gasteiger partial charge >= 0.3 is 0 Å². The van der Waals surface area contributed by atoms with Crippen LogP contribution < -0.4 is 16.2 Å². The molecule has 1 rings (SSSR count). The van der Waals surface area contributed by atoms with Gasteiger partial charge in [0.15, 0.2) is 0 Å². The topological polar surface area (TPSA) is 74.2 Å². The lowest BCUT2D eigenvalue weighted by Gasteiger charge is -2.08. The Morgan fingerprint density at radius 3 is 3.00 bits per heavy atom. The lowest BCUT2D eigenvalue weighted by molar-refractivity contribution is 0.287. The first-order valence-corrected chi connectivity index (χ1v) is 3.79. The first-order valence-electron chi connectivity index (χ1n) is 3.79. The third-order valence-electron chi connectivity index (χ3n) is 1.28. The van der Waals surface area contributed by atoms with Crippen molar-refractivity contribution in [3.05, 3.63) is 18.3 Å². The van der Waals surface area contributed by atoms with E-state index in [1.165, 1.54) is 0 Å². The zero-order valence-electron chi connectivity index (χ0n) is 7.03. The molecule has 0 amide bonds. The average molecular weight is 167 g/mol. The second-order valence-electron chi connectivity index (χ2n) is 2.69. The molecular formula is C8H13N3O. The monoisotopic (exact) mass is 167 g/mol. The molecule has 4 N–H and O–H groups in total. The number of hydrogen-bond donors (Lipinski definition) is 2. The number of aromatic nitrogens is 1. The molecule has 0 aliphatic rings. The molecule has 0 aliphatic heterocycles. The van der Waals surface area contributed by atoms with E-state index in [1.54, 1.807) is 18.3 Å². The average Bonchev–Trinajstić information content (AvgIpc) is 2.03. The van der Waals surface area contributed by atoms with Crippen molar-refractivity contribution in [3.63, 3.8) is 0 Å². The Hall–Kier alpha value is -1.29. The SMILES string of the molecule is CC(N)COc1ncccc1N. The van der Waals surface area contributed by atoms with Crippen LogP contribution in [0.2, 0.25) is 0 Å². The maximum absolute atomic E-state index is 5.58. The fourth-order valence-corrected chi connectivity index (χ4v) is 0.734. The summed E-state index contributed by atoms with van der Waals surface area (Å²) in [6, 6.07) is 3.49. The number of nitrogens with zero attached hydrogens (tertiary/aromatic N) is 1. The lowest BCUT2D eigenvalue weighted by Crippen LogP contribution is -2.24. The van der Waals surface area contributed by atoms with Crippen molar-refractivity contribution in [2.24, 2.45) is 5.73 Å². The van der Waals surface area contributed by atoms with Gasteiger partial charge in [-0.15, -0.1) is 0 Å². The van der Waals surface area contributed by atoms with Crippen LogP contribution in [-0.4, -0.2) is 17.6 Å². The van der Waals surface area contributed by atoms with Crippen molar-refractivity contribution in [3.8, 4) is 5.88 Å². The Bertz CT molecular complexity index is 250. The fourth-order valence-electron chi connectivity index (χ4n) is 0.734. The molecule has 12 heavy (non-hydrogen) atoms. The lowest BCUT2D eigenvalue weighted by atomic mass is 10.4. The van der Waals surface area contributed by atoms with Crippen LogP contribution >= 0.6 is 0 Å². The number of rotatable bonds is 3. The third-order valence-corrected chi connectivity index (χ3v) is 1.28. The van der Waals surface area contributed by atoms with E-state index in [0.29, 0.717) is 18.2 Å². The van der Waals surface area contributed by atoms with Crippen molar-refractivity contribution in [1.29, 1.82) is 0 Å². The van der Waals surface area contributed by atoms with E-state index in [4.69, 9.17) is 16.2 Å². The zero-order chi connectivity index (χ0) is 8.97. The Morgan fingerprint density at radius 2 is 2.42 bits per heavy atom. The fraction of sp³-hybridized carbons (Fsp3) is 0.375. The minimum atomic E-state index is -0.00796. The summed E-state index contributed by atoms with van der Waals surface area (Å²) < 4.78 is 5.24. The molecule has 1 aromatic heterocycles. The molecule has 1 unspecified atom stereocenters. The quantitative estimate of drug-likeness (QED) is 0.683. The van der Waals surface area contributed by atoms with Crippen molar-refractivity contribution in [2.75, 3.05) is 12.3 Å². The Morgan fingerprint density at radius 1 is 1.67 bits per heavy atom. The van der Waals surface area contributed by atoms with Crippen molar-refractivity contribution in [2.45, 2.75) is 13.0 Å². The highest BCUT2D eigenvalue weighted by atomic mass is 16.5. The van der Waals surface area contributed by atoms with Crippen LogP contribution in [0.4, 0.5) is 5.69 Å². The van der Waals surface area contributed by atoms with E-state index >= 15 is 0 Å². The standard InChI is InChI=1S/C8H13N3O/c1-6(9)5-12-8-7(10)3-2-4-11-8/h2-4,6H,5,9-10H2,1H3. The minimum Gasteiger partial charge on any atom is -0.475 e. The van der Waals surface area contributed by atoms with Crippen LogP contribution in [0.3, 0.4) is 0 Å². The number of hydrogen-bond acceptors (Lipinski definition) is 4. The molecule has 0 fully saturated rings. The summed E-state index contributed by atoms with van der Waals surface area (Å²) >= 11 is 0. The Kier molecular flexibility index (Phi) is 2.88. The largest absolute Gasteiger partial charge is 0.475 e. The highest BCUT2D eigenvalue weighted by Crippen LogP contribution is 2.15. The molecule has 0 radical (unpaired) electrons. The number of nitrogen functional groups attached to an aromatic ring is 1. The van der Waals surface area contributed by atoms with Crippen molar-refractivity contribution in [1.82, 2.24) is 4.98 Å². The minimum absolute atomic E-state index is 0.00796. The number of nitrogens with two attached hydrogens (primary N) is 2. The van der Waals surface area contributed by atoms with Crippen LogP contribution in [-0.2, 0) is 0 Å². The van der Waals surface area contributed by atoms with Crippen LogP contribution in [0.15, 0.2) is 18.3 Å². The molecule has 0 spiro atoms. The number of anilines is 1. The number of pyridine rings is 1. The molecule has 0 saturated heterocycles. The van der Waals surface area contributed by atoms with Gasteiger partial charge in [0, 0.05) is 12.2 Å². The number of ether oxygens (including phenoxy) is 1. The van der Waals surface area contributed by atoms with E-state index in [1.807, 2.05) is 6.92 Å². The van der Waals surface area contributed by atoms with E-state index in [9.17, 15) is 0 Å². The van der Waals surface area contributed by atoms with Gasteiger partial charge in [-0.05, 0) is 19.1 Å². The van der Waals surface area contributed by atoms with Crippen LogP contribution in [0.1, 0.15) is 6.92 Å². The molecule has 0 saturated carbocycles. The summed E-state index contributed by atoms with van der Waals surface area (Å²) in [6.07, 6.45) is 1.63. The predicted octanol–water partition coefficient (Wildman–Crippen LogP) is 0.390. The normalized spacial score (nSPS) is 12.5. The highest BCUT2D eigenvalue weighted by Gasteiger charge is 2.01. The van der Waals surface area contributed by atoms with E-state index in [-0.39, 0.29) is 6.04 Å². The second kappa shape index (κ2) is 3.92. The predicted molar refractivity (Wildman–Crippen MR) is 47.8 cm³/mol. The molecule has 0 aromatic carbocycles. The molecule has 1 aromatic rings.